The Morgan fingerprint density at radius 2 is 1.33 bits per heavy atom. The Kier molecular flexibility index (Phi) is 14.1. The molecule has 5 aliphatic rings. The van der Waals surface area contributed by atoms with E-state index in [9.17, 15) is 5.26 Å². The Bertz CT molecular complexity index is 3910. The van der Waals surface area contributed by atoms with Crippen molar-refractivity contribution in [1.29, 1.82) is 5.26 Å². The van der Waals surface area contributed by atoms with Gasteiger partial charge in [-0.3, -0.25) is 0 Å². The number of aryl methyl sites for hydroxylation is 3. The fourth-order valence-electron chi connectivity index (χ4n) is 12.0. The first kappa shape index (κ1) is 49.5. The van der Waals surface area contributed by atoms with E-state index in [1.165, 1.54) is 105 Å². The average molecular weight is 984 g/mol. The molecule has 0 saturated heterocycles. The molecule has 0 radical (unpaired) electrons. The van der Waals surface area contributed by atoms with Crippen molar-refractivity contribution in [2.24, 2.45) is 5.92 Å². The number of hydrogen-bond acceptors (Lipinski definition) is 3. The van der Waals surface area contributed by atoms with Crippen molar-refractivity contribution in [2.45, 2.75) is 72.6 Å². The van der Waals surface area contributed by atoms with Gasteiger partial charge in [-0.2, -0.15) is 5.26 Å². The fourth-order valence-corrected chi connectivity index (χ4v) is 12.0. The number of allylic oxidation sites excluding steroid dienone is 10. The predicted molar refractivity (Wildman–Crippen MR) is 326 cm³/mol. The summed E-state index contributed by atoms with van der Waals surface area (Å²) in [6.45, 7) is 14.0. The van der Waals surface area contributed by atoms with Gasteiger partial charge in [0.15, 0.2) is 0 Å². The van der Waals surface area contributed by atoms with Crippen LogP contribution in [0.25, 0.3) is 55.1 Å². The summed E-state index contributed by atoms with van der Waals surface area (Å²) in [6.07, 6.45) is 22.6. The van der Waals surface area contributed by atoms with Crippen molar-refractivity contribution in [3.8, 4) is 17.2 Å². The van der Waals surface area contributed by atoms with Crippen molar-refractivity contribution < 1.29 is 0 Å². The first-order chi connectivity index (χ1) is 37.5. The normalized spacial score (nSPS) is 16.2. The zero-order valence-corrected chi connectivity index (χ0v) is 44.5. The summed E-state index contributed by atoms with van der Waals surface area (Å²) in [5, 5.41) is 18.2. The smallest absolute Gasteiger partial charge is 0.101 e. The van der Waals surface area contributed by atoms with Gasteiger partial charge in [0, 0.05) is 34.1 Å². The lowest BCUT2D eigenvalue weighted by Crippen LogP contribution is -2.28. The topological polar surface area (TPSA) is 30.3 Å². The third-order valence-electron chi connectivity index (χ3n) is 15.8. The number of para-hydroxylation sites is 2. The SMILES string of the molecule is C=C1C=CC=CC1C.CC.CC.N#Cc1ccccc1N(c1ccc(-c2ccc3c(c2)C=CCC3)cc1)c1ccc2c3c1ccc1ccc(N4C5=CC=C(c6ccc7ccccc7c6)C(C5)c5ccccc54)c(c13)CC2. The predicted octanol–water partition coefficient (Wildman–Crippen LogP) is 20.2. The number of hydrogen-bond donors (Lipinski definition) is 0. The molecule has 1 heterocycles. The number of nitriles is 1. The van der Waals surface area contributed by atoms with E-state index in [0.717, 1.165) is 49.2 Å². The van der Waals surface area contributed by atoms with E-state index in [2.05, 4.69) is 217 Å². The largest absolute Gasteiger partial charge is 0.314 e. The number of rotatable bonds is 6. The Morgan fingerprint density at radius 3 is 2.14 bits per heavy atom. The summed E-state index contributed by atoms with van der Waals surface area (Å²) in [6, 6.07) is 64.9. The molecule has 9 aromatic rings. The summed E-state index contributed by atoms with van der Waals surface area (Å²) in [5.41, 5.74) is 20.6. The highest BCUT2D eigenvalue weighted by Gasteiger charge is 2.36. The van der Waals surface area contributed by atoms with Gasteiger partial charge in [-0.25, -0.2) is 0 Å². The third kappa shape index (κ3) is 8.99. The second-order valence-corrected chi connectivity index (χ2v) is 19.9. The summed E-state index contributed by atoms with van der Waals surface area (Å²) in [4.78, 5) is 4.87. The van der Waals surface area contributed by atoms with E-state index < -0.39 is 0 Å². The molecular weight excluding hydrogens is 919 g/mol. The lowest BCUT2D eigenvalue weighted by molar-refractivity contribution is 0.773. The minimum absolute atomic E-state index is 0.284. The molecule has 0 aromatic heterocycles. The van der Waals surface area contributed by atoms with Crippen LogP contribution < -0.4 is 9.80 Å². The van der Waals surface area contributed by atoms with Gasteiger partial charge in [0.2, 0.25) is 0 Å². The Labute approximate surface area is 450 Å². The molecular formula is C73H65N3. The molecule has 0 amide bonds. The van der Waals surface area contributed by atoms with Gasteiger partial charge in [-0.1, -0.05) is 199 Å². The lowest BCUT2D eigenvalue weighted by atomic mass is 9.76. The number of benzene rings is 9. The third-order valence-corrected chi connectivity index (χ3v) is 15.8. The van der Waals surface area contributed by atoms with Gasteiger partial charge >= 0.3 is 0 Å². The van der Waals surface area contributed by atoms with Gasteiger partial charge in [0.05, 0.1) is 16.9 Å². The molecule has 2 unspecified atom stereocenters. The lowest BCUT2D eigenvalue weighted by Gasteiger charge is -2.42. The van der Waals surface area contributed by atoms with E-state index in [0.29, 0.717) is 11.5 Å². The average Bonchev–Trinajstić information content (AvgIpc) is 3.63. The maximum Gasteiger partial charge on any atom is 0.101 e. The first-order valence-electron chi connectivity index (χ1n) is 27.5. The molecule has 0 N–H and O–H groups in total. The van der Waals surface area contributed by atoms with Crippen LogP contribution in [0.3, 0.4) is 0 Å². The number of nitrogens with zero attached hydrogens (tertiary/aromatic N) is 3. The highest BCUT2D eigenvalue weighted by atomic mass is 15.2. The van der Waals surface area contributed by atoms with Crippen LogP contribution in [-0.4, -0.2) is 0 Å². The second kappa shape index (κ2) is 21.6. The molecule has 14 rings (SSSR count). The van der Waals surface area contributed by atoms with Crippen LogP contribution in [0.1, 0.15) is 92.3 Å². The van der Waals surface area contributed by atoms with Crippen molar-refractivity contribution in [1.82, 2.24) is 0 Å². The summed E-state index contributed by atoms with van der Waals surface area (Å²) in [5.74, 6) is 0.826. The number of anilines is 5. The molecule has 9 aromatic carbocycles. The highest BCUT2D eigenvalue weighted by Crippen LogP contribution is 2.54. The molecule has 0 fully saturated rings. The Hall–Kier alpha value is -8.71. The van der Waals surface area contributed by atoms with Crippen LogP contribution >= 0.6 is 0 Å². The van der Waals surface area contributed by atoms with Crippen LogP contribution in [0.4, 0.5) is 28.4 Å². The van der Waals surface area contributed by atoms with Gasteiger partial charge in [-0.15, -0.1) is 0 Å². The van der Waals surface area contributed by atoms with Crippen LogP contribution in [0.15, 0.2) is 230 Å². The van der Waals surface area contributed by atoms with Crippen molar-refractivity contribution in [3.63, 3.8) is 0 Å². The van der Waals surface area contributed by atoms with Crippen LogP contribution in [0, 0.1) is 17.2 Å². The minimum atomic E-state index is 0.284. The van der Waals surface area contributed by atoms with Gasteiger partial charge in [0.1, 0.15) is 6.07 Å². The van der Waals surface area contributed by atoms with E-state index in [1.807, 2.05) is 58.0 Å². The Balaban J connectivity index is 0.000000464. The first-order valence-corrected chi connectivity index (χ1v) is 27.5. The quantitative estimate of drug-likeness (QED) is 0.156. The zero-order valence-electron chi connectivity index (χ0n) is 44.5. The summed E-state index contributed by atoms with van der Waals surface area (Å²) < 4.78 is 0. The number of fused-ring (bicyclic) bond motifs is 6. The zero-order chi connectivity index (χ0) is 52.3. The van der Waals surface area contributed by atoms with E-state index in [4.69, 9.17) is 0 Å². The minimum Gasteiger partial charge on any atom is -0.314 e. The molecule has 2 bridgehead atoms. The van der Waals surface area contributed by atoms with Gasteiger partial charge in [0.25, 0.3) is 0 Å². The molecule has 3 nitrogen and oxygen atoms in total. The van der Waals surface area contributed by atoms with E-state index >= 15 is 0 Å². The molecule has 3 heteroatoms. The molecule has 2 atom stereocenters. The molecule has 372 valence electrons. The second-order valence-electron chi connectivity index (χ2n) is 19.9. The monoisotopic (exact) mass is 984 g/mol. The highest BCUT2D eigenvalue weighted by molar-refractivity contribution is 6.17. The van der Waals surface area contributed by atoms with Gasteiger partial charge < -0.3 is 9.80 Å². The van der Waals surface area contributed by atoms with E-state index in [-0.39, 0.29) is 5.92 Å². The van der Waals surface area contributed by atoms with Crippen molar-refractivity contribution in [3.05, 3.63) is 269 Å². The maximum absolute atomic E-state index is 10.5. The van der Waals surface area contributed by atoms with Crippen LogP contribution in [0.5, 0.6) is 0 Å². The van der Waals surface area contributed by atoms with Crippen molar-refractivity contribution in [2.75, 3.05) is 9.80 Å². The van der Waals surface area contributed by atoms with Crippen LogP contribution in [-0.2, 0) is 19.3 Å². The molecule has 0 saturated carbocycles. The van der Waals surface area contributed by atoms with Gasteiger partial charge in [-0.05, 0) is 181 Å². The summed E-state index contributed by atoms with van der Waals surface area (Å²) >= 11 is 0. The molecule has 76 heavy (non-hydrogen) atoms. The van der Waals surface area contributed by atoms with E-state index in [1.54, 1.807) is 0 Å². The maximum atomic E-state index is 10.5. The Morgan fingerprint density at radius 1 is 0.592 bits per heavy atom. The fraction of sp³-hybridized carbons (Fsp3) is 0.164. The van der Waals surface area contributed by atoms with Crippen LogP contribution in [0.2, 0.25) is 0 Å². The summed E-state index contributed by atoms with van der Waals surface area (Å²) in [7, 11) is 0. The molecule has 4 aliphatic carbocycles. The standard InChI is InChI=1S/C61H43N3.C8H10.2C2H6/c62-38-48-13-5-7-15-56(48)63(49-27-21-41(22-28-49)46-19-17-39-9-1-3-11-44(39)35-46)58-33-25-42-24-31-54-59(34-26-43-23-30-53(58)60(42)61(43)54)64-50-29-32-51(55(37-50)52-14-6-8-16-57(52)64)47-20-18-40-10-2-4-12-45(40)36-47;1-7-5-3-4-6-8(7)2;2*1-2/h2-8,10-23,25-30,32-36,55H,1,9,24,31,37H2;3-6,8H,1H2,2H3;2*1-2H3. The van der Waals surface area contributed by atoms with Crippen molar-refractivity contribution >= 4 is 72.4 Å². The molecule has 0 spiro atoms. The molecule has 1 aliphatic heterocycles.